The van der Waals surface area contributed by atoms with Gasteiger partial charge in [0.05, 0.1) is 6.20 Å². The molecule has 0 aliphatic carbocycles. The Bertz CT molecular complexity index is 217. The molecule has 0 fully saturated rings. The van der Waals surface area contributed by atoms with Crippen molar-refractivity contribution in [2.75, 3.05) is 0 Å². The van der Waals surface area contributed by atoms with E-state index in [0.29, 0.717) is 0 Å². The maximum Gasteiger partial charge on any atom is 0.109 e. The van der Waals surface area contributed by atoms with E-state index in [-0.39, 0.29) is 0 Å². The SMILES string of the molecule is CCc1ncc(Br)n1CC. The molecule has 1 heterocycles. The third kappa shape index (κ3) is 1.24. The number of hydrogen-bond acceptors (Lipinski definition) is 1. The van der Waals surface area contributed by atoms with Crippen molar-refractivity contribution in [3.8, 4) is 0 Å². The van der Waals surface area contributed by atoms with Crippen LogP contribution in [-0.4, -0.2) is 9.55 Å². The second-order valence-corrected chi connectivity index (χ2v) is 2.91. The Hall–Kier alpha value is -0.310. The molecule has 0 saturated heterocycles. The Morgan fingerprint density at radius 3 is 2.70 bits per heavy atom. The predicted octanol–water partition coefficient (Wildman–Crippen LogP) is 2.23. The Morgan fingerprint density at radius 1 is 1.60 bits per heavy atom. The zero-order valence-electron chi connectivity index (χ0n) is 6.26. The summed E-state index contributed by atoms with van der Waals surface area (Å²) in [6.45, 7) is 5.22. The molecule has 0 aromatic carbocycles. The minimum Gasteiger partial charge on any atom is -0.323 e. The number of halogens is 1. The first-order valence-corrected chi connectivity index (χ1v) is 4.28. The molecule has 0 saturated carbocycles. The number of imidazole rings is 1. The summed E-state index contributed by atoms with van der Waals surface area (Å²) in [5.74, 6) is 1.15. The van der Waals surface area contributed by atoms with E-state index in [0.717, 1.165) is 23.4 Å². The van der Waals surface area contributed by atoms with Gasteiger partial charge in [0.1, 0.15) is 10.4 Å². The van der Waals surface area contributed by atoms with Crippen LogP contribution < -0.4 is 0 Å². The monoisotopic (exact) mass is 202 g/mol. The van der Waals surface area contributed by atoms with Gasteiger partial charge in [-0.2, -0.15) is 0 Å². The molecular formula is C7H11BrN2. The molecule has 0 aliphatic rings. The van der Waals surface area contributed by atoms with E-state index < -0.39 is 0 Å². The number of aryl methyl sites for hydroxylation is 1. The van der Waals surface area contributed by atoms with Crippen molar-refractivity contribution in [2.45, 2.75) is 26.8 Å². The van der Waals surface area contributed by atoms with E-state index in [9.17, 15) is 0 Å². The molecule has 2 nitrogen and oxygen atoms in total. The van der Waals surface area contributed by atoms with E-state index in [4.69, 9.17) is 0 Å². The van der Waals surface area contributed by atoms with Gasteiger partial charge in [-0.1, -0.05) is 6.92 Å². The highest BCUT2D eigenvalue weighted by Gasteiger charge is 2.01. The molecule has 0 aliphatic heterocycles. The lowest BCUT2D eigenvalue weighted by molar-refractivity contribution is 0.692. The standard InChI is InChI=1S/C7H11BrN2/c1-3-7-9-5-6(8)10(7)4-2/h5H,3-4H2,1-2H3. The number of hydrogen-bond donors (Lipinski definition) is 0. The van der Waals surface area contributed by atoms with Crippen molar-refractivity contribution in [1.82, 2.24) is 9.55 Å². The van der Waals surface area contributed by atoms with Gasteiger partial charge in [0.15, 0.2) is 0 Å². The van der Waals surface area contributed by atoms with E-state index in [1.54, 1.807) is 0 Å². The van der Waals surface area contributed by atoms with Gasteiger partial charge in [-0.05, 0) is 22.9 Å². The summed E-state index contributed by atoms with van der Waals surface area (Å²) in [6, 6.07) is 0. The molecule has 56 valence electrons. The van der Waals surface area contributed by atoms with Crippen LogP contribution in [0.2, 0.25) is 0 Å². The Labute approximate surface area is 69.4 Å². The van der Waals surface area contributed by atoms with Gasteiger partial charge in [-0.15, -0.1) is 0 Å². The maximum absolute atomic E-state index is 4.22. The lowest BCUT2D eigenvalue weighted by atomic mass is 10.4. The highest BCUT2D eigenvalue weighted by atomic mass is 79.9. The van der Waals surface area contributed by atoms with Gasteiger partial charge < -0.3 is 4.57 Å². The van der Waals surface area contributed by atoms with Crippen LogP contribution >= 0.6 is 15.9 Å². The van der Waals surface area contributed by atoms with Crippen molar-refractivity contribution in [2.24, 2.45) is 0 Å². The van der Waals surface area contributed by atoms with Crippen LogP contribution in [0.4, 0.5) is 0 Å². The largest absolute Gasteiger partial charge is 0.323 e. The third-order valence-corrected chi connectivity index (χ3v) is 2.15. The third-order valence-electron chi connectivity index (χ3n) is 1.52. The number of rotatable bonds is 2. The van der Waals surface area contributed by atoms with Crippen molar-refractivity contribution >= 4 is 15.9 Å². The summed E-state index contributed by atoms with van der Waals surface area (Å²) in [5, 5.41) is 0. The molecule has 0 bridgehead atoms. The molecule has 1 rings (SSSR count). The van der Waals surface area contributed by atoms with Crippen LogP contribution in [0.1, 0.15) is 19.7 Å². The Balaban J connectivity index is 3.01. The lowest BCUT2D eigenvalue weighted by Crippen LogP contribution is -1.99. The molecule has 0 radical (unpaired) electrons. The van der Waals surface area contributed by atoms with Crippen LogP contribution in [0.3, 0.4) is 0 Å². The lowest BCUT2D eigenvalue weighted by Gasteiger charge is -2.02. The van der Waals surface area contributed by atoms with Gasteiger partial charge in [0.2, 0.25) is 0 Å². The van der Waals surface area contributed by atoms with E-state index in [2.05, 4.69) is 39.3 Å². The minimum absolute atomic E-state index is 0.990. The van der Waals surface area contributed by atoms with Crippen LogP contribution in [0.15, 0.2) is 10.8 Å². The molecule has 0 unspecified atom stereocenters. The Kier molecular flexibility index (Phi) is 2.49. The molecular weight excluding hydrogens is 192 g/mol. The summed E-state index contributed by atoms with van der Waals surface area (Å²) < 4.78 is 3.23. The zero-order valence-corrected chi connectivity index (χ0v) is 7.85. The van der Waals surface area contributed by atoms with Crippen LogP contribution in [0, 0.1) is 0 Å². The topological polar surface area (TPSA) is 17.8 Å². The summed E-state index contributed by atoms with van der Waals surface area (Å²) in [5.41, 5.74) is 0. The first-order chi connectivity index (χ1) is 4.79. The van der Waals surface area contributed by atoms with Gasteiger partial charge in [0, 0.05) is 13.0 Å². The smallest absolute Gasteiger partial charge is 0.109 e. The first-order valence-electron chi connectivity index (χ1n) is 3.49. The van der Waals surface area contributed by atoms with Crippen molar-refractivity contribution in [3.05, 3.63) is 16.6 Å². The molecule has 10 heavy (non-hydrogen) atoms. The van der Waals surface area contributed by atoms with E-state index in [1.807, 2.05) is 6.20 Å². The van der Waals surface area contributed by atoms with Gasteiger partial charge in [-0.3, -0.25) is 0 Å². The average molecular weight is 203 g/mol. The number of aromatic nitrogens is 2. The normalized spacial score (nSPS) is 10.3. The average Bonchev–Trinajstić information content (AvgIpc) is 2.30. The van der Waals surface area contributed by atoms with Crippen LogP contribution in [0.5, 0.6) is 0 Å². The second-order valence-electron chi connectivity index (χ2n) is 2.09. The van der Waals surface area contributed by atoms with Crippen molar-refractivity contribution in [3.63, 3.8) is 0 Å². The predicted molar refractivity (Wildman–Crippen MR) is 45.0 cm³/mol. The van der Waals surface area contributed by atoms with E-state index in [1.165, 1.54) is 0 Å². The molecule has 0 spiro atoms. The van der Waals surface area contributed by atoms with Crippen LogP contribution in [-0.2, 0) is 13.0 Å². The van der Waals surface area contributed by atoms with Crippen molar-refractivity contribution < 1.29 is 0 Å². The van der Waals surface area contributed by atoms with Gasteiger partial charge in [0.25, 0.3) is 0 Å². The fraction of sp³-hybridized carbons (Fsp3) is 0.571. The molecule has 0 atom stereocenters. The first kappa shape index (κ1) is 7.79. The minimum atomic E-state index is 0.990. The molecule has 0 amide bonds. The summed E-state index contributed by atoms with van der Waals surface area (Å²) in [7, 11) is 0. The van der Waals surface area contributed by atoms with Gasteiger partial charge >= 0.3 is 0 Å². The maximum atomic E-state index is 4.22. The molecule has 3 heteroatoms. The fourth-order valence-electron chi connectivity index (χ4n) is 1.01. The highest BCUT2D eigenvalue weighted by Crippen LogP contribution is 2.12. The Morgan fingerprint density at radius 2 is 2.30 bits per heavy atom. The second kappa shape index (κ2) is 3.19. The molecule has 1 aromatic rings. The highest BCUT2D eigenvalue weighted by molar-refractivity contribution is 9.10. The van der Waals surface area contributed by atoms with E-state index >= 15 is 0 Å². The molecule has 1 aromatic heterocycles. The zero-order chi connectivity index (χ0) is 7.56. The fourth-order valence-corrected chi connectivity index (χ4v) is 1.56. The van der Waals surface area contributed by atoms with Gasteiger partial charge in [-0.25, -0.2) is 4.98 Å². The quantitative estimate of drug-likeness (QED) is 0.720. The summed E-state index contributed by atoms with van der Waals surface area (Å²) >= 11 is 3.42. The summed E-state index contributed by atoms with van der Waals surface area (Å²) in [4.78, 5) is 4.22. The summed E-state index contributed by atoms with van der Waals surface area (Å²) in [6.07, 6.45) is 2.85. The number of nitrogens with zero attached hydrogens (tertiary/aromatic N) is 2. The van der Waals surface area contributed by atoms with Crippen LogP contribution in [0.25, 0.3) is 0 Å². The van der Waals surface area contributed by atoms with Crippen molar-refractivity contribution in [1.29, 1.82) is 0 Å². The molecule has 0 N–H and O–H groups in total.